The van der Waals surface area contributed by atoms with Gasteiger partial charge in [0, 0.05) is 18.3 Å². The monoisotopic (exact) mass is 261 g/mol. The molecule has 1 N–H and O–H groups in total. The number of fused-ring (bicyclic) bond motifs is 1. The zero-order valence-corrected chi connectivity index (χ0v) is 12.5. The Kier molecular flexibility index (Phi) is 4.87. The predicted molar refractivity (Wildman–Crippen MR) is 81.7 cm³/mol. The maximum atomic E-state index is 10.2. The molecule has 0 saturated heterocycles. The van der Waals surface area contributed by atoms with Crippen LogP contribution in [0.4, 0.5) is 5.69 Å². The zero-order valence-electron chi connectivity index (χ0n) is 12.5. The van der Waals surface area contributed by atoms with Crippen molar-refractivity contribution < 1.29 is 5.11 Å². The minimum absolute atomic E-state index is 0.292. The second-order valence-electron chi connectivity index (χ2n) is 5.94. The summed E-state index contributed by atoms with van der Waals surface area (Å²) in [6, 6.07) is 7.10. The summed E-state index contributed by atoms with van der Waals surface area (Å²) in [4.78, 5) is 2.47. The van der Waals surface area contributed by atoms with Crippen molar-refractivity contribution in [1.82, 2.24) is 0 Å². The lowest BCUT2D eigenvalue weighted by atomic mass is 9.95. The van der Waals surface area contributed by atoms with Crippen molar-refractivity contribution in [1.29, 1.82) is 0 Å². The van der Waals surface area contributed by atoms with Crippen LogP contribution in [-0.4, -0.2) is 17.7 Å². The summed E-state index contributed by atoms with van der Waals surface area (Å²) in [5, 5.41) is 10.2. The van der Waals surface area contributed by atoms with Crippen molar-refractivity contribution in [3.63, 3.8) is 0 Å². The number of hydrogen-bond donors (Lipinski definition) is 1. The lowest BCUT2D eigenvalue weighted by Gasteiger charge is -2.35. The molecule has 1 aromatic carbocycles. The second-order valence-corrected chi connectivity index (χ2v) is 5.94. The summed E-state index contributed by atoms with van der Waals surface area (Å²) in [7, 11) is 0. The Labute approximate surface area is 117 Å². The van der Waals surface area contributed by atoms with E-state index in [1.807, 2.05) is 0 Å². The minimum atomic E-state index is -0.292. The molecular formula is C17H27NO. The Morgan fingerprint density at radius 2 is 2.11 bits per heavy atom. The highest BCUT2D eigenvalue weighted by Gasteiger charge is 2.20. The zero-order chi connectivity index (χ0) is 13.8. The molecule has 2 nitrogen and oxygen atoms in total. The molecule has 19 heavy (non-hydrogen) atoms. The van der Waals surface area contributed by atoms with Gasteiger partial charge in [-0.25, -0.2) is 0 Å². The minimum Gasteiger partial charge on any atom is -0.388 e. The van der Waals surface area contributed by atoms with Gasteiger partial charge in [0.25, 0.3) is 0 Å². The molecule has 0 saturated carbocycles. The highest BCUT2D eigenvalue weighted by Crippen LogP contribution is 2.32. The summed E-state index contributed by atoms with van der Waals surface area (Å²) in [5.74, 6) is 0. The molecule has 0 fully saturated rings. The number of unbranched alkanes of at least 4 members (excludes halogenated alkanes) is 1. The molecule has 0 spiro atoms. The highest BCUT2D eigenvalue weighted by atomic mass is 16.3. The van der Waals surface area contributed by atoms with Gasteiger partial charge < -0.3 is 10.0 Å². The summed E-state index contributed by atoms with van der Waals surface area (Å²) in [6.45, 7) is 7.82. The van der Waals surface area contributed by atoms with Crippen LogP contribution in [0.3, 0.4) is 0 Å². The first-order valence-electron chi connectivity index (χ1n) is 7.71. The second kappa shape index (κ2) is 6.42. The van der Waals surface area contributed by atoms with Gasteiger partial charge in [0.1, 0.15) is 0 Å². The maximum absolute atomic E-state index is 10.2. The van der Waals surface area contributed by atoms with Crippen molar-refractivity contribution in [2.45, 2.75) is 65.0 Å². The van der Waals surface area contributed by atoms with E-state index in [4.69, 9.17) is 0 Å². The number of anilines is 1. The van der Waals surface area contributed by atoms with Crippen molar-refractivity contribution in [3.05, 3.63) is 29.3 Å². The van der Waals surface area contributed by atoms with Crippen LogP contribution in [0.1, 0.15) is 63.7 Å². The van der Waals surface area contributed by atoms with Gasteiger partial charge >= 0.3 is 0 Å². The molecule has 0 aromatic heterocycles. The lowest BCUT2D eigenvalue weighted by Crippen LogP contribution is -2.35. The summed E-state index contributed by atoms with van der Waals surface area (Å²) in [6.07, 6.45) is 5.19. The average molecular weight is 261 g/mol. The van der Waals surface area contributed by atoms with Crippen LogP contribution >= 0.6 is 0 Å². The highest BCUT2D eigenvalue weighted by molar-refractivity contribution is 5.57. The maximum Gasteiger partial charge on any atom is 0.0790 e. The van der Waals surface area contributed by atoms with E-state index in [1.165, 1.54) is 17.7 Å². The molecule has 2 heteroatoms. The Hall–Kier alpha value is -1.02. The third-order valence-corrected chi connectivity index (χ3v) is 4.10. The molecule has 1 heterocycles. The summed E-state index contributed by atoms with van der Waals surface area (Å²) >= 11 is 0. The normalized spacial score (nSPS) is 16.6. The smallest absolute Gasteiger partial charge is 0.0790 e. The first-order chi connectivity index (χ1) is 9.13. The molecule has 2 rings (SSSR count). The third kappa shape index (κ3) is 3.30. The lowest BCUT2D eigenvalue weighted by molar-refractivity contribution is 0.164. The number of hydrogen-bond acceptors (Lipinski definition) is 2. The molecule has 0 bridgehead atoms. The van der Waals surface area contributed by atoms with E-state index in [2.05, 4.69) is 43.9 Å². The van der Waals surface area contributed by atoms with Crippen molar-refractivity contribution in [3.8, 4) is 0 Å². The van der Waals surface area contributed by atoms with E-state index in [1.54, 1.807) is 0 Å². The molecular weight excluding hydrogens is 234 g/mol. The van der Waals surface area contributed by atoms with Crippen molar-refractivity contribution in [2.75, 3.05) is 11.4 Å². The fourth-order valence-electron chi connectivity index (χ4n) is 2.95. The van der Waals surface area contributed by atoms with Gasteiger partial charge in [0.2, 0.25) is 0 Å². The van der Waals surface area contributed by atoms with Crippen LogP contribution in [0.5, 0.6) is 0 Å². The first kappa shape index (κ1) is 14.4. The Balaban J connectivity index is 2.19. The fourth-order valence-corrected chi connectivity index (χ4v) is 2.95. The van der Waals surface area contributed by atoms with E-state index in [-0.39, 0.29) is 6.10 Å². The quantitative estimate of drug-likeness (QED) is 0.863. The molecule has 0 amide bonds. The molecule has 0 aliphatic carbocycles. The molecule has 0 radical (unpaired) electrons. The number of rotatable bonds is 5. The van der Waals surface area contributed by atoms with Crippen molar-refractivity contribution in [2.24, 2.45) is 0 Å². The van der Waals surface area contributed by atoms with Crippen LogP contribution in [0, 0.1) is 0 Å². The van der Waals surface area contributed by atoms with Crippen LogP contribution in [0.2, 0.25) is 0 Å². The van der Waals surface area contributed by atoms with Crippen LogP contribution < -0.4 is 4.90 Å². The van der Waals surface area contributed by atoms with Crippen LogP contribution in [0.25, 0.3) is 0 Å². The number of aliphatic hydroxyl groups is 1. The van der Waals surface area contributed by atoms with Crippen LogP contribution in [0.15, 0.2) is 18.2 Å². The van der Waals surface area contributed by atoms with Crippen molar-refractivity contribution >= 4 is 5.69 Å². The average Bonchev–Trinajstić information content (AvgIpc) is 2.43. The van der Waals surface area contributed by atoms with Crippen LogP contribution in [-0.2, 0) is 6.42 Å². The predicted octanol–water partition coefficient (Wildman–Crippen LogP) is 4.07. The molecule has 1 aromatic rings. The van der Waals surface area contributed by atoms with E-state index < -0.39 is 0 Å². The largest absolute Gasteiger partial charge is 0.388 e. The summed E-state index contributed by atoms with van der Waals surface area (Å²) < 4.78 is 0. The Morgan fingerprint density at radius 1 is 1.32 bits per heavy atom. The van der Waals surface area contributed by atoms with E-state index in [0.29, 0.717) is 6.04 Å². The third-order valence-electron chi connectivity index (χ3n) is 4.10. The van der Waals surface area contributed by atoms with Gasteiger partial charge in [0.05, 0.1) is 6.10 Å². The molecule has 1 unspecified atom stereocenters. The topological polar surface area (TPSA) is 23.5 Å². The van der Waals surface area contributed by atoms with Gasteiger partial charge in [-0.3, -0.25) is 0 Å². The SMILES string of the molecule is CCCCC(O)c1ccc2c(c1)CCCN2C(C)C. The van der Waals surface area contributed by atoms with E-state index >= 15 is 0 Å². The fraction of sp³-hybridized carbons (Fsp3) is 0.647. The van der Waals surface area contributed by atoms with Gasteiger partial charge in [-0.15, -0.1) is 0 Å². The number of benzene rings is 1. The standard InChI is InChI=1S/C17H27NO/c1-4-5-8-17(19)15-9-10-16-14(12-15)7-6-11-18(16)13(2)3/h9-10,12-13,17,19H,4-8,11H2,1-3H3. The van der Waals surface area contributed by atoms with Gasteiger partial charge in [-0.05, 0) is 50.3 Å². The molecule has 106 valence electrons. The van der Waals surface area contributed by atoms with Gasteiger partial charge in [-0.2, -0.15) is 0 Å². The number of aliphatic hydroxyl groups excluding tert-OH is 1. The Morgan fingerprint density at radius 3 is 2.79 bits per heavy atom. The molecule has 1 aliphatic rings. The van der Waals surface area contributed by atoms with Gasteiger partial charge in [0.15, 0.2) is 0 Å². The van der Waals surface area contributed by atoms with E-state index in [9.17, 15) is 5.11 Å². The first-order valence-corrected chi connectivity index (χ1v) is 7.71. The molecule has 1 aliphatic heterocycles. The number of nitrogens with zero attached hydrogens (tertiary/aromatic N) is 1. The Bertz CT molecular complexity index is 414. The molecule has 1 atom stereocenters. The van der Waals surface area contributed by atoms with Gasteiger partial charge in [-0.1, -0.05) is 31.9 Å². The summed E-state index contributed by atoms with van der Waals surface area (Å²) in [5.41, 5.74) is 3.87. The van der Waals surface area contributed by atoms with E-state index in [0.717, 1.165) is 37.8 Å². The number of aryl methyl sites for hydroxylation is 1.